The van der Waals surface area contributed by atoms with Crippen molar-refractivity contribution in [1.29, 1.82) is 0 Å². The van der Waals surface area contributed by atoms with E-state index in [0.29, 0.717) is 11.7 Å². The average Bonchev–Trinajstić information content (AvgIpc) is 2.68. The molecule has 1 unspecified atom stereocenters. The van der Waals surface area contributed by atoms with Crippen molar-refractivity contribution in [1.82, 2.24) is 10.1 Å². The number of hydrogen-bond acceptors (Lipinski definition) is 3. The summed E-state index contributed by atoms with van der Waals surface area (Å²) >= 11 is 6.75. The van der Waals surface area contributed by atoms with E-state index in [2.05, 4.69) is 42.0 Å². The molecule has 0 amide bonds. The minimum absolute atomic E-state index is 0.0780. The molecule has 1 heterocycles. The van der Waals surface area contributed by atoms with Crippen molar-refractivity contribution in [3.8, 4) is 11.4 Å². The van der Waals surface area contributed by atoms with E-state index in [0.717, 1.165) is 10.0 Å². The molecule has 0 aliphatic carbocycles. The van der Waals surface area contributed by atoms with Crippen LogP contribution in [0.1, 0.15) is 17.6 Å². The third-order valence-corrected chi connectivity index (χ3v) is 2.80. The van der Waals surface area contributed by atoms with Crippen LogP contribution >= 0.6 is 31.9 Å². The van der Waals surface area contributed by atoms with E-state index in [1.807, 2.05) is 31.2 Å². The summed E-state index contributed by atoms with van der Waals surface area (Å²) in [5.41, 5.74) is 0.946. The van der Waals surface area contributed by atoms with Crippen LogP contribution in [0.15, 0.2) is 33.3 Å². The number of alkyl halides is 1. The molecule has 3 nitrogen and oxygen atoms in total. The van der Waals surface area contributed by atoms with E-state index in [9.17, 15) is 0 Å². The molecule has 0 N–H and O–H groups in total. The lowest BCUT2D eigenvalue weighted by molar-refractivity contribution is 0.382. The van der Waals surface area contributed by atoms with Gasteiger partial charge in [-0.25, -0.2) is 0 Å². The molecule has 78 valence electrons. The maximum absolute atomic E-state index is 5.09. The fourth-order valence-electron chi connectivity index (χ4n) is 1.11. The van der Waals surface area contributed by atoms with Crippen LogP contribution in [0.5, 0.6) is 0 Å². The molecule has 2 aromatic rings. The van der Waals surface area contributed by atoms with Gasteiger partial charge in [0.1, 0.15) is 0 Å². The highest BCUT2D eigenvalue weighted by atomic mass is 79.9. The maximum atomic E-state index is 5.09. The highest BCUT2D eigenvalue weighted by Gasteiger charge is 2.11. The van der Waals surface area contributed by atoms with Crippen LogP contribution in [-0.4, -0.2) is 10.1 Å². The third-order valence-electron chi connectivity index (χ3n) is 1.88. The van der Waals surface area contributed by atoms with Gasteiger partial charge < -0.3 is 4.52 Å². The standard InChI is InChI=1S/C10H8Br2N2O/c1-6(11)10-13-9(14-15-10)7-2-4-8(12)5-3-7/h2-6H,1H3. The highest BCUT2D eigenvalue weighted by Crippen LogP contribution is 2.24. The molecular weight excluding hydrogens is 324 g/mol. The third kappa shape index (κ3) is 2.46. The second-order valence-electron chi connectivity index (χ2n) is 3.08. The van der Waals surface area contributed by atoms with Gasteiger partial charge in [-0.15, -0.1) is 0 Å². The van der Waals surface area contributed by atoms with Crippen LogP contribution in [0.3, 0.4) is 0 Å². The Kier molecular flexibility index (Phi) is 3.21. The molecule has 1 aromatic carbocycles. The molecule has 0 saturated heterocycles. The molecule has 0 aliphatic rings. The van der Waals surface area contributed by atoms with E-state index in [1.165, 1.54) is 0 Å². The second kappa shape index (κ2) is 4.45. The van der Waals surface area contributed by atoms with Gasteiger partial charge in [0.2, 0.25) is 11.7 Å². The first-order chi connectivity index (χ1) is 7.16. The topological polar surface area (TPSA) is 38.9 Å². The Morgan fingerprint density at radius 1 is 1.27 bits per heavy atom. The zero-order valence-corrected chi connectivity index (χ0v) is 11.1. The summed E-state index contributed by atoms with van der Waals surface area (Å²) in [7, 11) is 0. The summed E-state index contributed by atoms with van der Waals surface area (Å²) in [5.74, 6) is 1.21. The van der Waals surface area contributed by atoms with Crippen molar-refractivity contribution in [2.75, 3.05) is 0 Å². The predicted octanol–water partition coefficient (Wildman–Crippen LogP) is 3.96. The quantitative estimate of drug-likeness (QED) is 0.782. The Morgan fingerprint density at radius 3 is 2.47 bits per heavy atom. The summed E-state index contributed by atoms with van der Waals surface area (Å²) < 4.78 is 6.12. The van der Waals surface area contributed by atoms with Crippen LogP contribution in [-0.2, 0) is 0 Å². The molecule has 5 heteroatoms. The Labute approximate surface area is 104 Å². The van der Waals surface area contributed by atoms with Gasteiger partial charge >= 0.3 is 0 Å². The van der Waals surface area contributed by atoms with Crippen LogP contribution in [0, 0.1) is 0 Å². The molecule has 0 aliphatic heterocycles. The van der Waals surface area contributed by atoms with E-state index in [4.69, 9.17) is 4.52 Å². The summed E-state index contributed by atoms with van der Waals surface area (Å²) in [6.45, 7) is 1.94. The molecule has 1 aromatic heterocycles. The lowest BCUT2D eigenvalue weighted by Gasteiger charge is -1.93. The fourth-order valence-corrected chi connectivity index (χ4v) is 1.56. The number of hydrogen-bond donors (Lipinski definition) is 0. The van der Waals surface area contributed by atoms with Gasteiger partial charge in [-0.1, -0.05) is 37.0 Å². The Hall–Kier alpha value is -0.680. The number of rotatable bonds is 2. The average molecular weight is 332 g/mol. The molecule has 0 spiro atoms. The molecule has 0 fully saturated rings. The number of nitrogens with zero attached hydrogens (tertiary/aromatic N) is 2. The van der Waals surface area contributed by atoms with Crippen LogP contribution in [0.2, 0.25) is 0 Å². The summed E-state index contributed by atoms with van der Waals surface area (Å²) in [4.78, 5) is 4.35. The predicted molar refractivity (Wildman–Crippen MR) is 64.8 cm³/mol. The second-order valence-corrected chi connectivity index (χ2v) is 5.37. The zero-order valence-electron chi connectivity index (χ0n) is 7.95. The minimum Gasteiger partial charge on any atom is -0.338 e. The zero-order chi connectivity index (χ0) is 10.8. The Morgan fingerprint density at radius 2 is 1.93 bits per heavy atom. The molecule has 0 radical (unpaired) electrons. The van der Waals surface area contributed by atoms with Gasteiger partial charge in [-0.3, -0.25) is 0 Å². The van der Waals surface area contributed by atoms with Gasteiger partial charge in [-0.2, -0.15) is 4.98 Å². The molecule has 2 rings (SSSR count). The van der Waals surface area contributed by atoms with Crippen molar-refractivity contribution in [3.05, 3.63) is 34.6 Å². The largest absolute Gasteiger partial charge is 0.338 e. The van der Waals surface area contributed by atoms with Crippen LogP contribution in [0.25, 0.3) is 11.4 Å². The molecular formula is C10H8Br2N2O. The summed E-state index contributed by atoms with van der Waals surface area (Å²) in [5, 5.41) is 3.91. The van der Waals surface area contributed by atoms with Gasteiger partial charge in [0, 0.05) is 10.0 Å². The molecule has 0 bridgehead atoms. The molecule has 1 atom stereocenters. The first kappa shape index (κ1) is 10.8. The SMILES string of the molecule is CC(Br)c1nc(-c2ccc(Br)cc2)no1. The van der Waals surface area contributed by atoms with Crippen molar-refractivity contribution in [2.45, 2.75) is 11.8 Å². The van der Waals surface area contributed by atoms with E-state index < -0.39 is 0 Å². The lowest BCUT2D eigenvalue weighted by atomic mass is 10.2. The van der Waals surface area contributed by atoms with Crippen molar-refractivity contribution >= 4 is 31.9 Å². The van der Waals surface area contributed by atoms with E-state index in [1.54, 1.807) is 0 Å². The lowest BCUT2D eigenvalue weighted by Crippen LogP contribution is -1.83. The highest BCUT2D eigenvalue weighted by molar-refractivity contribution is 9.10. The van der Waals surface area contributed by atoms with Crippen molar-refractivity contribution in [2.24, 2.45) is 0 Å². The van der Waals surface area contributed by atoms with E-state index in [-0.39, 0.29) is 4.83 Å². The maximum Gasteiger partial charge on any atom is 0.240 e. The van der Waals surface area contributed by atoms with Crippen LogP contribution in [0.4, 0.5) is 0 Å². The van der Waals surface area contributed by atoms with Gasteiger partial charge in [-0.05, 0) is 31.2 Å². The van der Waals surface area contributed by atoms with Gasteiger partial charge in [0.05, 0.1) is 4.83 Å². The fraction of sp³-hybridized carbons (Fsp3) is 0.200. The van der Waals surface area contributed by atoms with Crippen molar-refractivity contribution < 1.29 is 4.52 Å². The Bertz CT molecular complexity index is 451. The monoisotopic (exact) mass is 330 g/mol. The molecule has 0 saturated carbocycles. The smallest absolute Gasteiger partial charge is 0.240 e. The summed E-state index contributed by atoms with van der Waals surface area (Å²) in [6, 6.07) is 7.78. The van der Waals surface area contributed by atoms with Gasteiger partial charge in [0.15, 0.2) is 0 Å². The minimum atomic E-state index is 0.0780. The number of aromatic nitrogens is 2. The van der Waals surface area contributed by atoms with Crippen LogP contribution < -0.4 is 0 Å². The summed E-state index contributed by atoms with van der Waals surface area (Å²) in [6.07, 6.45) is 0. The van der Waals surface area contributed by atoms with Gasteiger partial charge in [0.25, 0.3) is 0 Å². The number of halogens is 2. The first-order valence-corrected chi connectivity index (χ1v) is 6.11. The molecule has 15 heavy (non-hydrogen) atoms. The number of benzene rings is 1. The normalized spacial score (nSPS) is 12.7. The van der Waals surface area contributed by atoms with E-state index >= 15 is 0 Å². The Balaban J connectivity index is 2.33. The van der Waals surface area contributed by atoms with Crippen molar-refractivity contribution in [3.63, 3.8) is 0 Å². The first-order valence-electron chi connectivity index (χ1n) is 4.40.